The van der Waals surface area contributed by atoms with Crippen molar-refractivity contribution < 1.29 is 17.4 Å². The molecule has 0 spiro atoms. The number of allylic oxidation sites excluding steroid dienone is 2. The molecule has 0 fully saturated rings. The Morgan fingerprint density at radius 1 is 0.622 bits per heavy atom. The first kappa shape index (κ1) is 33.9. The van der Waals surface area contributed by atoms with E-state index >= 15 is 0 Å². The van der Waals surface area contributed by atoms with E-state index < -0.39 is 17.4 Å². The zero-order valence-electron chi connectivity index (χ0n) is 27.2. The Bertz CT molecular complexity index is 2060. The molecule has 0 saturated heterocycles. The number of halogens is 2. The van der Waals surface area contributed by atoms with Crippen LogP contribution in [-0.2, 0) is 17.4 Å². The van der Waals surface area contributed by atoms with Gasteiger partial charge in [-0.2, -0.15) is 0 Å². The summed E-state index contributed by atoms with van der Waals surface area (Å²) < 4.78 is 6.56. The van der Waals surface area contributed by atoms with Gasteiger partial charge in [-0.25, -0.2) is 0 Å². The average Bonchev–Trinajstić information content (AvgIpc) is 3.58. The average molecular weight is 727 g/mol. The van der Waals surface area contributed by atoms with Crippen molar-refractivity contribution in [1.29, 1.82) is 0 Å². The van der Waals surface area contributed by atoms with Gasteiger partial charge in [-0.15, -0.1) is 24.8 Å². The van der Waals surface area contributed by atoms with Crippen LogP contribution in [0.4, 0.5) is 0 Å². The molecule has 2 aliphatic rings. The van der Waals surface area contributed by atoms with Gasteiger partial charge in [0.2, 0.25) is 0 Å². The monoisotopic (exact) mass is 724 g/mol. The van der Waals surface area contributed by atoms with Crippen LogP contribution in [0.25, 0.3) is 45.2 Å². The van der Waals surface area contributed by atoms with Gasteiger partial charge in [-0.3, -0.25) is 0 Å². The summed E-state index contributed by atoms with van der Waals surface area (Å²) in [7, 11) is 0. The molecule has 0 heterocycles. The predicted octanol–water partition coefficient (Wildman–Crippen LogP) is 11.9. The largest absolute Gasteiger partial charge is 0.147 e. The maximum atomic E-state index is 2.77. The molecular weight excluding hydrogens is 683 g/mol. The summed E-state index contributed by atoms with van der Waals surface area (Å²) in [6, 6.07) is 38.5. The Labute approximate surface area is 284 Å². The van der Waals surface area contributed by atoms with Gasteiger partial charge in [-0.05, 0) is 0 Å². The van der Waals surface area contributed by atoms with Crippen molar-refractivity contribution in [1.82, 2.24) is 0 Å². The first-order valence-corrected chi connectivity index (χ1v) is 29.5. The van der Waals surface area contributed by atoms with Gasteiger partial charge in [-0.1, -0.05) is 0 Å². The molecule has 5 aromatic carbocycles. The van der Waals surface area contributed by atoms with Crippen LogP contribution in [0.3, 0.4) is 0 Å². The van der Waals surface area contributed by atoms with Crippen LogP contribution in [0, 0.1) is 12.8 Å². The first-order chi connectivity index (χ1) is 20.5. The van der Waals surface area contributed by atoms with Crippen molar-refractivity contribution in [3.63, 3.8) is 0 Å². The fourth-order valence-electron chi connectivity index (χ4n) is 8.76. The summed E-state index contributed by atoms with van der Waals surface area (Å²) >= 11 is -3.69. The van der Waals surface area contributed by atoms with E-state index in [1.165, 1.54) is 49.7 Å². The van der Waals surface area contributed by atoms with E-state index in [9.17, 15) is 0 Å². The molecule has 230 valence electrons. The maximum Gasteiger partial charge on any atom is -0.147 e. The Morgan fingerprint density at radius 2 is 1.27 bits per heavy atom. The molecule has 0 amide bonds. The molecule has 2 atom stereocenters. The Balaban J connectivity index is 0.00000200. The number of fused-ring (bicyclic) bond motifs is 3. The fourth-order valence-corrected chi connectivity index (χ4v) is 29.4. The maximum absolute atomic E-state index is 3.69. The third-order valence-corrected chi connectivity index (χ3v) is 28.0. The number of hydrogen-bond acceptors (Lipinski definition) is 0. The van der Waals surface area contributed by atoms with Gasteiger partial charge >= 0.3 is 262 Å². The summed E-state index contributed by atoms with van der Waals surface area (Å²) in [5, 5.41) is 2.64. The van der Waals surface area contributed by atoms with Crippen LogP contribution in [0.15, 0.2) is 114 Å². The Morgan fingerprint density at radius 3 is 2.00 bits per heavy atom. The predicted molar refractivity (Wildman–Crippen MR) is 203 cm³/mol. The normalized spacial score (nSPS) is 17.2. The van der Waals surface area contributed by atoms with Gasteiger partial charge in [0.15, 0.2) is 0 Å². The van der Waals surface area contributed by atoms with Crippen LogP contribution in [0.1, 0.15) is 55.8 Å². The van der Waals surface area contributed by atoms with E-state index in [4.69, 9.17) is 0 Å². The Kier molecular flexibility index (Phi) is 9.24. The van der Waals surface area contributed by atoms with Gasteiger partial charge in [0, 0.05) is 0 Å². The number of rotatable bonds is 5. The Hall–Kier alpha value is -2.48. The quantitative estimate of drug-likeness (QED) is 0.158. The molecule has 5 aromatic rings. The van der Waals surface area contributed by atoms with Crippen molar-refractivity contribution in [3.8, 4) is 22.3 Å². The second kappa shape index (κ2) is 12.3. The van der Waals surface area contributed by atoms with Gasteiger partial charge in [0.1, 0.15) is 0 Å². The molecule has 0 nitrogen and oxygen atoms in total. The van der Waals surface area contributed by atoms with E-state index in [-0.39, 0.29) is 24.8 Å². The van der Waals surface area contributed by atoms with E-state index in [0.29, 0.717) is 13.2 Å². The topological polar surface area (TPSA) is 0 Å². The van der Waals surface area contributed by atoms with Gasteiger partial charge in [0.05, 0.1) is 0 Å². The summed E-state index contributed by atoms with van der Waals surface area (Å²) in [5.74, 6) is 0.506. The molecular formula is C41H44Cl2SiZr. The zero-order chi connectivity index (χ0) is 30.1. The molecule has 0 aromatic heterocycles. The van der Waals surface area contributed by atoms with Crippen LogP contribution in [-0.4, -0.2) is 6.88 Å². The molecule has 2 aliphatic carbocycles. The summed E-state index contributed by atoms with van der Waals surface area (Å²) in [4.78, 5) is 0. The minimum Gasteiger partial charge on any atom is -0.147 e. The molecule has 0 bridgehead atoms. The van der Waals surface area contributed by atoms with Crippen molar-refractivity contribution in [2.24, 2.45) is 5.92 Å². The second-order valence-electron chi connectivity index (χ2n) is 14.4. The minimum atomic E-state index is -3.69. The van der Waals surface area contributed by atoms with Crippen LogP contribution >= 0.6 is 24.8 Å². The van der Waals surface area contributed by atoms with Gasteiger partial charge in [0.25, 0.3) is 0 Å². The van der Waals surface area contributed by atoms with Crippen molar-refractivity contribution >= 4 is 54.6 Å². The molecule has 0 saturated carbocycles. The SMILES string of the molecule is CC1=Cc2c(-c3cccc4ccccc34)ccc(C)c2[CH]1[Zr]([CH3])([CH3])(=[SiH2])[CH]1C(C(C)C)=Cc2c(-c3ccccc3)cccc21.Cl.Cl. The number of benzene rings is 5. The first-order valence-electron chi connectivity index (χ1n) is 15.8. The molecule has 7 rings (SSSR count). The van der Waals surface area contributed by atoms with E-state index in [0.717, 1.165) is 0 Å². The molecule has 0 radical (unpaired) electrons. The fraction of sp³-hybridized carbons (Fsp3) is 0.220. The molecule has 0 N–H and O–H groups in total. The van der Waals surface area contributed by atoms with E-state index in [2.05, 4.69) is 159 Å². The van der Waals surface area contributed by atoms with Crippen molar-refractivity contribution in [2.75, 3.05) is 0 Å². The molecule has 45 heavy (non-hydrogen) atoms. The number of hydrogen-bond donors (Lipinski definition) is 0. The molecule has 2 unspecified atom stereocenters. The van der Waals surface area contributed by atoms with Crippen molar-refractivity contribution in [3.05, 3.63) is 142 Å². The number of aryl methyl sites for hydroxylation is 1. The third-order valence-electron chi connectivity index (χ3n) is 10.4. The van der Waals surface area contributed by atoms with Crippen LogP contribution < -0.4 is 0 Å². The second-order valence-corrected chi connectivity index (χ2v) is 44.9. The standard InChI is InChI=1S/C21H17.C18H17.2CH3.2ClH.H2Si.Zr/c1-14-12-20-15(2)10-11-19(21(20)13-14)18-9-5-7-16-6-3-4-8-17(16)18;1-13(2)16-11-15-9-6-10-17(18(15)12-16)14-7-4-3-5-8-14;;;;;;/h3-13H,1-2H3;3-13H,1-2H3;2*1H3;2*1H;1H2;. The van der Waals surface area contributed by atoms with E-state index in [1.54, 1.807) is 22.3 Å². The molecule has 4 heteroatoms. The molecule has 0 aliphatic heterocycles. The summed E-state index contributed by atoms with van der Waals surface area (Å²) in [6.07, 6.45) is 5.16. The van der Waals surface area contributed by atoms with Crippen LogP contribution in [0.2, 0.25) is 9.26 Å². The smallest absolute Gasteiger partial charge is 0.147 e. The van der Waals surface area contributed by atoms with Gasteiger partial charge < -0.3 is 0 Å². The van der Waals surface area contributed by atoms with E-state index in [1.807, 2.05) is 0 Å². The minimum absolute atomic E-state index is 0. The zero-order valence-corrected chi connectivity index (χ0v) is 32.7. The summed E-state index contributed by atoms with van der Waals surface area (Å²) in [6.45, 7) is 12.1. The summed E-state index contributed by atoms with van der Waals surface area (Å²) in [5.41, 5.74) is 16.2. The van der Waals surface area contributed by atoms with Crippen LogP contribution in [0.5, 0.6) is 0 Å². The van der Waals surface area contributed by atoms with Crippen molar-refractivity contribution in [2.45, 2.75) is 44.2 Å². The third kappa shape index (κ3) is 5.41.